The van der Waals surface area contributed by atoms with Crippen molar-refractivity contribution in [2.24, 2.45) is 0 Å². The zero-order chi connectivity index (χ0) is 9.97. The third-order valence-electron chi connectivity index (χ3n) is 2.04. The van der Waals surface area contributed by atoms with Crippen LogP contribution in [0.3, 0.4) is 0 Å². The molecule has 5 heteroatoms. The molecule has 0 radical (unpaired) electrons. The summed E-state index contributed by atoms with van der Waals surface area (Å²) in [5.41, 5.74) is 0. The molecule has 1 saturated heterocycles. The molecule has 0 aliphatic carbocycles. The maximum atomic E-state index is 10.5. The Morgan fingerprint density at radius 1 is 1.57 bits per heavy atom. The summed E-state index contributed by atoms with van der Waals surface area (Å²) in [6, 6.07) is 0. The van der Waals surface area contributed by atoms with Crippen molar-refractivity contribution < 1.29 is 23.7 Å². The van der Waals surface area contributed by atoms with Gasteiger partial charge in [0.25, 0.3) is 0 Å². The lowest BCUT2D eigenvalue weighted by atomic mass is 10.2. The highest BCUT2D eigenvalue weighted by molar-refractivity contribution is 5.65. The normalized spacial score (nSPS) is 34.5. The lowest BCUT2D eigenvalue weighted by Crippen LogP contribution is -2.32. The van der Waals surface area contributed by atoms with Crippen LogP contribution in [0.15, 0.2) is 12.2 Å². The second-order valence-electron chi connectivity index (χ2n) is 3.15. The maximum absolute atomic E-state index is 10.5. The quantitative estimate of drug-likeness (QED) is 0.370. The number of rotatable bonds is 3. The van der Waals surface area contributed by atoms with E-state index in [0.717, 1.165) is 0 Å². The molecule has 1 fully saturated rings. The summed E-state index contributed by atoms with van der Waals surface area (Å²) in [4.78, 5) is 10.5. The first-order valence-electron chi connectivity index (χ1n) is 4.46. The summed E-state index contributed by atoms with van der Waals surface area (Å²) in [6.07, 6.45) is 3.17. The van der Waals surface area contributed by atoms with Crippen LogP contribution >= 0.6 is 0 Å². The molecule has 0 N–H and O–H groups in total. The van der Waals surface area contributed by atoms with Gasteiger partial charge < -0.3 is 18.9 Å². The highest BCUT2D eigenvalue weighted by Gasteiger charge is 2.34. The van der Waals surface area contributed by atoms with Crippen LogP contribution in [-0.4, -0.2) is 37.9 Å². The molecule has 0 spiro atoms. The molecule has 0 amide bonds. The Balaban J connectivity index is 1.78. The van der Waals surface area contributed by atoms with E-state index in [4.69, 9.17) is 14.2 Å². The molecule has 0 aromatic heterocycles. The number of hydrogen-bond acceptors (Lipinski definition) is 5. The topological polar surface area (TPSA) is 54.0 Å². The summed E-state index contributed by atoms with van der Waals surface area (Å²) >= 11 is 0. The van der Waals surface area contributed by atoms with Gasteiger partial charge in [-0.2, -0.15) is 0 Å². The van der Waals surface area contributed by atoms with E-state index in [1.807, 2.05) is 12.2 Å². The Kier molecular flexibility index (Phi) is 2.81. The van der Waals surface area contributed by atoms with E-state index in [2.05, 4.69) is 4.74 Å². The van der Waals surface area contributed by atoms with Gasteiger partial charge in [-0.1, -0.05) is 12.2 Å². The molecule has 0 aromatic carbocycles. The second-order valence-corrected chi connectivity index (χ2v) is 3.15. The van der Waals surface area contributed by atoms with Crippen molar-refractivity contribution >= 4 is 5.97 Å². The van der Waals surface area contributed by atoms with E-state index < -0.39 is 0 Å². The van der Waals surface area contributed by atoms with E-state index in [1.165, 1.54) is 6.92 Å². The number of esters is 1. The Bertz CT molecular complexity index is 250. The summed E-state index contributed by atoms with van der Waals surface area (Å²) < 4.78 is 20.6. The third-order valence-corrected chi connectivity index (χ3v) is 2.04. The van der Waals surface area contributed by atoms with E-state index in [1.54, 1.807) is 0 Å². The van der Waals surface area contributed by atoms with E-state index in [-0.39, 0.29) is 31.3 Å². The Labute approximate surface area is 81.6 Å². The van der Waals surface area contributed by atoms with Crippen LogP contribution in [0, 0.1) is 0 Å². The lowest BCUT2D eigenvalue weighted by molar-refractivity contribution is -0.182. The molecule has 2 bridgehead atoms. The monoisotopic (exact) mass is 200 g/mol. The van der Waals surface area contributed by atoms with Gasteiger partial charge >= 0.3 is 5.97 Å². The summed E-state index contributed by atoms with van der Waals surface area (Å²) in [7, 11) is 0. The van der Waals surface area contributed by atoms with E-state index in [9.17, 15) is 4.79 Å². The zero-order valence-electron chi connectivity index (χ0n) is 7.84. The molecule has 2 heterocycles. The summed E-state index contributed by atoms with van der Waals surface area (Å²) in [6.45, 7) is 1.82. The number of hydrogen-bond donors (Lipinski definition) is 0. The first-order valence-corrected chi connectivity index (χ1v) is 4.46. The smallest absolute Gasteiger partial charge is 0.304 e. The number of carbonyl (C=O) groups is 1. The minimum atomic E-state index is -0.365. The van der Waals surface area contributed by atoms with Gasteiger partial charge in [-0.15, -0.1) is 0 Å². The Morgan fingerprint density at radius 2 is 2.43 bits per heavy atom. The van der Waals surface area contributed by atoms with Crippen LogP contribution in [0.4, 0.5) is 0 Å². The molecule has 2 rings (SSSR count). The molecule has 3 atom stereocenters. The van der Waals surface area contributed by atoms with Crippen molar-refractivity contribution in [2.75, 3.05) is 13.4 Å². The van der Waals surface area contributed by atoms with Gasteiger partial charge in [0.05, 0.1) is 6.61 Å². The molecule has 0 unspecified atom stereocenters. The van der Waals surface area contributed by atoms with Crippen molar-refractivity contribution in [3.63, 3.8) is 0 Å². The largest absolute Gasteiger partial charge is 0.439 e. The van der Waals surface area contributed by atoms with Crippen molar-refractivity contribution in [1.29, 1.82) is 0 Å². The number of carbonyl (C=O) groups excluding carboxylic acids is 1. The van der Waals surface area contributed by atoms with Gasteiger partial charge in [0.2, 0.25) is 0 Å². The van der Waals surface area contributed by atoms with Crippen LogP contribution in [-0.2, 0) is 23.7 Å². The zero-order valence-corrected chi connectivity index (χ0v) is 7.84. The highest BCUT2D eigenvalue weighted by atomic mass is 16.8. The molecule has 0 aromatic rings. The van der Waals surface area contributed by atoms with Crippen LogP contribution < -0.4 is 0 Å². The third kappa shape index (κ3) is 2.12. The minimum absolute atomic E-state index is 0.0496. The maximum Gasteiger partial charge on any atom is 0.304 e. The first kappa shape index (κ1) is 9.64. The molecule has 14 heavy (non-hydrogen) atoms. The van der Waals surface area contributed by atoms with Gasteiger partial charge in [0.15, 0.2) is 13.1 Å². The SMILES string of the molecule is CC(=O)OCO[C@H]1C=C[C@H]2CO[C@@H]1O2. The number of fused-ring (bicyclic) bond motifs is 2. The second kappa shape index (κ2) is 4.08. The average molecular weight is 200 g/mol. The fraction of sp³-hybridized carbons (Fsp3) is 0.667. The van der Waals surface area contributed by atoms with Crippen LogP contribution in [0.25, 0.3) is 0 Å². The van der Waals surface area contributed by atoms with Gasteiger partial charge in [0, 0.05) is 6.92 Å². The average Bonchev–Trinajstić information content (AvgIpc) is 2.52. The summed E-state index contributed by atoms with van der Waals surface area (Å²) in [5.74, 6) is -0.365. The van der Waals surface area contributed by atoms with Crippen LogP contribution in [0.1, 0.15) is 6.92 Å². The van der Waals surface area contributed by atoms with Crippen molar-refractivity contribution in [3.05, 3.63) is 12.2 Å². The first-order chi connectivity index (χ1) is 6.75. The van der Waals surface area contributed by atoms with Crippen molar-refractivity contribution in [3.8, 4) is 0 Å². The minimum Gasteiger partial charge on any atom is -0.439 e. The lowest BCUT2D eigenvalue weighted by Gasteiger charge is -2.22. The molecule has 78 valence electrons. The van der Waals surface area contributed by atoms with Gasteiger partial charge in [-0.3, -0.25) is 4.79 Å². The standard InChI is InChI=1S/C9H12O5/c1-6(10)12-5-13-8-3-2-7-4-11-9(8)14-7/h2-3,7-9H,4-5H2,1H3/t7-,8-,9+/m0/s1. The molecular formula is C9H12O5. The molecule has 2 aliphatic rings. The number of ether oxygens (including phenoxy) is 4. The van der Waals surface area contributed by atoms with Crippen molar-refractivity contribution in [2.45, 2.75) is 25.4 Å². The van der Waals surface area contributed by atoms with Gasteiger partial charge in [-0.05, 0) is 0 Å². The predicted octanol–water partition coefficient (Wildman–Crippen LogP) is 0.203. The fourth-order valence-electron chi connectivity index (χ4n) is 1.37. The highest BCUT2D eigenvalue weighted by Crippen LogP contribution is 2.23. The summed E-state index contributed by atoms with van der Waals surface area (Å²) in [5, 5.41) is 0. The van der Waals surface area contributed by atoms with Gasteiger partial charge in [0.1, 0.15) is 12.2 Å². The van der Waals surface area contributed by atoms with Crippen LogP contribution in [0.2, 0.25) is 0 Å². The predicted molar refractivity (Wildman–Crippen MR) is 45.3 cm³/mol. The van der Waals surface area contributed by atoms with E-state index >= 15 is 0 Å². The molecular weight excluding hydrogens is 188 g/mol. The van der Waals surface area contributed by atoms with Crippen molar-refractivity contribution in [1.82, 2.24) is 0 Å². The Hall–Kier alpha value is -0.910. The molecule has 0 saturated carbocycles. The van der Waals surface area contributed by atoms with E-state index in [0.29, 0.717) is 6.61 Å². The molecule has 2 aliphatic heterocycles. The van der Waals surface area contributed by atoms with Gasteiger partial charge in [-0.25, -0.2) is 0 Å². The molecule has 5 nitrogen and oxygen atoms in total. The Morgan fingerprint density at radius 3 is 3.21 bits per heavy atom. The van der Waals surface area contributed by atoms with Crippen LogP contribution in [0.5, 0.6) is 0 Å². The fourth-order valence-corrected chi connectivity index (χ4v) is 1.37.